The number of rotatable bonds is 6. The quantitative estimate of drug-likeness (QED) is 0.319. The molecule has 0 amide bonds. The molecule has 0 aliphatic rings. The maximum absolute atomic E-state index is 12.2. The molecule has 29 heavy (non-hydrogen) atoms. The van der Waals surface area contributed by atoms with E-state index in [2.05, 4.69) is 27.0 Å². The highest BCUT2D eigenvalue weighted by Crippen LogP contribution is 2.54. The Morgan fingerprint density at radius 1 is 0.897 bits per heavy atom. The predicted octanol–water partition coefficient (Wildman–Crippen LogP) is 4.22. The van der Waals surface area contributed by atoms with E-state index < -0.39 is 33.4 Å². The molecule has 0 saturated heterocycles. The van der Waals surface area contributed by atoms with Gasteiger partial charge in [-0.2, -0.15) is 39.5 Å². The molecule has 0 aromatic carbocycles. The van der Waals surface area contributed by atoms with Gasteiger partial charge in [-0.25, -0.2) is 8.42 Å². The van der Waals surface area contributed by atoms with Gasteiger partial charge >= 0.3 is 23.3 Å². The normalized spacial score (nSPS) is 15.6. The lowest BCUT2D eigenvalue weighted by molar-refractivity contribution is -0.382. The zero-order valence-corrected chi connectivity index (χ0v) is 17.8. The van der Waals surface area contributed by atoms with Gasteiger partial charge in [-0.1, -0.05) is 13.8 Å². The number of hydrogen-bond acceptors (Lipinski definition) is 4. The second-order valence-electron chi connectivity index (χ2n) is 7.13. The Morgan fingerprint density at radius 2 is 1.24 bits per heavy atom. The molecule has 0 aromatic heterocycles. The summed E-state index contributed by atoms with van der Waals surface area (Å²) in [6, 6.07) is 0. The van der Waals surface area contributed by atoms with E-state index in [1.165, 1.54) is 0 Å². The minimum absolute atomic E-state index is 0.197. The van der Waals surface area contributed by atoms with Crippen molar-refractivity contribution >= 4 is 26.8 Å². The largest absolute Gasteiger partial charge is 0.743 e. The molecule has 0 fully saturated rings. The van der Waals surface area contributed by atoms with Gasteiger partial charge in [0, 0.05) is 5.92 Å². The third kappa shape index (κ3) is 7.19. The summed E-state index contributed by atoms with van der Waals surface area (Å²) in [5.74, 6) is -13.5. The molecule has 0 spiro atoms. The maximum atomic E-state index is 12.2. The molecule has 0 rings (SSSR count). The van der Waals surface area contributed by atoms with Crippen LogP contribution >= 0.6 is 0 Å². The average molecular weight is 488 g/mol. The molecule has 0 bridgehead atoms. The molecule has 176 valence electrons. The van der Waals surface area contributed by atoms with Crippen LogP contribution in [0.4, 0.5) is 39.5 Å². The Morgan fingerprint density at radius 3 is 1.45 bits per heavy atom. The minimum atomic E-state index is -7.43. The van der Waals surface area contributed by atoms with Crippen LogP contribution in [-0.2, 0) is 25.8 Å². The van der Waals surface area contributed by atoms with Crippen LogP contribution in [0.15, 0.2) is 0 Å². The average Bonchev–Trinajstić information content (AvgIpc) is 2.43. The van der Waals surface area contributed by atoms with Gasteiger partial charge in [-0.05, 0) is 31.7 Å². The van der Waals surface area contributed by atoms with Gasteiger partial charge in [0.25, 0.3) is 0 Å². The van der Waals surface area contributed by atoms with Crippen LogP contribution in [0.25, 0.3) is 0 Å². The van der Waals surface area contributed by atoms with E-state index in [1.807, 2.05) is 13.8 Å². The van der Waals surface area contributed by atoms with Crippen molar-refractivity contribution in [1.29, 1.82) is 0 Å². The van der Waals surface area contributed by atoms with E-state index in [0.29, 0.717) is 5.78 Å². The first kappa shape index (κ1) is 30.5. The molecular formula is C14H21F9O4S2. The predicted molar refractivity (Wildman–Crippen MR) is 88.3 cm³/mol. The maximum Gasteiger partial charge on any atom is 0.460 e. The number of Topliss-reactive ketones (excluding diaryl/α,β-unsaturated/α-hetero) is 1. The summed E-state index contributed by atoms with van der Waals surface area (Å²) in [7, 11) is -7.20. The third-order valence-corrected chi connectivity index (χ3v) is 7.17. The number of carbonyl (C=O) groups is 1. The van der Waals surface area contributed by atoms with Crippen molar-refractivity contribution in [3.05, 3.63) is 0 Å². The second-order valence-corrected chi connectivity index (χ2v) is 11.3. The highest BCUT2D eigenvalue weighted by atomic mass is 32.2. The molecule has 0 saturated carbocycles. The van der Waals surface area contributed by atoms with Crippen LogP contribution in [0, 0.1) is 5.92 Å². The summed E-state index contributed by atoms with van der Waals surface area (Å²) >= 11 is 0. The fraction of sp³-hybridized carbons (Fsp3) is 0.929. The molecule has 0 N–H and O–H groups in total. The summed E-state index contributed by atoms with van der Waals surface area (Å²) in [5, 5.41) is -7.11. The smallest absolute Gasteiger partial charge is 0.460 e. The molecule has 1 atom stereocenters. The molecule has 0 aliphatic heterocycles. The van der Waals surface area contributed by atoms with Gasteiger partial charge in [-0.15, -0.1) is 0 Å². The second kappa shape index (κ2) is 9.20. The van der Waals surface area contributed by atoms with Crippen molar-refractivity contribution in [3.8, 4) is 0 Å². The van der Waals surface area contributed by atoms with Crippen LogP contribution in [0.5, 0.6) is 0 Å². The molecule has 15 heteroatoms. The molecule has 0 radical (unpaired) electrons. The van der Waals surface area contributed by atoms with Crippen LogP contribution in [0.3, 0.4) is 0 Å². The van der Waals surface area contributed by atoms with E-state index in [-0.39, 0.29) is 21.6 Å². The van der Waals surface area contributed by atoms with Gasteiger partial charge in [-0.3, -0.25) is 4.79 Å². The van der Waals surface area contributed by atoms with Crippen molar-refractivity contribution in [1.82, 2.24) is 0 Å². The van der Waals surface area contributed by atoms with Gasteiger partial charge in [0.15, 0.2) is 21.7 Å². The van der Waals surface area contributed by atoms with Crippen LogP contribution in [0.2, 0.25) is 0 Å². The van der Waals surface area contributed by atoms with E-state index in [0.717, 1.165) is 5.75 Å². The van der Waals surface area contributed by atoms with Gasteiger partial charge in [0.05, 0.1) is 6.26 Å². The molecular weight excluding hydrogens is 467 g/mol. The van der Waals surface area contributed by atoms with E-state index in [9.17, 15) is 57.3 Å². The van der Waals surface area contributed by atoms with Gasteiger partial charge < -0.3 is 4.55 Å². The first-order valence-electron chi connectivity index (χ1n) is 7.56. The monoisotopic (exact) mass is 488 g/mol. The lowest BCUT2D eigenvalue weighted by Gasteiger charge is -2.34. The van der Waals surface area contributed by atoms with E-state index in [1.54, 1.807) is 0 Å². The summed E-state index contributed by atoms with van der Waals surface area (Å²) in [6.45, 7) is 10.5. The zero-order chi connectivity index (χ0) is 24.4. The number of hydrogen-bond donors (Lipinski definition) is 0. The number of halogens is 9. The van der Waals surface area contributed by atoms with Gasteiger partial charge in [0.2, 0.25) is 0 Å². The lowest BCUT2D eigenvalue weighted by atomic mass is 10.1. The highest BCUT2D eigenvalue weighted by molar-refractivity contribution is 7.98. The summed E-state index contributed by atoms with van der Waals surface area (Å²) in [6.07, 6.45) is -4.98. The van der Waals surface area contributed by atoms with E-state index >= 15 is 0 Å². The standard InChI is InChI=1S/C10H21OS.C4HF9O3S/c1-8(2)9(11)7-12(6)10(3,4)5;5-1(6,3(9,10)11)2(7,8)4(12,13)17(14,15)16/h8H,7H2,1-6H3;(H,14,15,16)/q+1;/p-1. The van der Waals surface area contributed by atoms with Gasteiger partial charge in [0.1, 0.15) is 4.75 Å². The topological polar surface area (TPSA) is 74.3 Å². The number of carbonyl (C=O) groups excluding carboxylic acids is 1. The van der Waals surface area contributed by atoms with Crippen molar-refractivity contribution in [2.75, 3.05) is 12.0 Å². The summed E-state index contributed by atoms with van der Waals surface area (Å²) in [5.41, 5.74) is 0. The Labute approximate surface area is 165 Å². The minimum Gasteiger partial charge on any atom is -0.743 e. The molecule has 0 aliphatic carbocycles. The molecule has 0 heterocycles. The fourth-order valence-electron chi connectivity index (χ4n) is 1.11. The Balaban J connectivity index is 0. The van der Waals surface area contributed by atoms with Crippen LogP contribution in [0.1, 0.15) is 34.6 Å². The van der Waals surface area contributed by atoms with Crippen molar-refractivity contribution < 1.29 is 57.3 Å². The third-order valence-electron chi connectivity index (χ3n) is 3.48. The Bertz CT molecular complexity index is 666. The summed E-state index contributed by atoms with van der Waals surface area (Å²) in [4.78, 5) is 11.4. The van der Waals surface area contributed by atoms with Crippen molar-refractivity contribution in [3.63, 3.8) is 0 Å². The number of ketones is 1. The Hall–Kier alpha value is -0.700. The highest BCUT2D eigenvalue weighted by Gasteiger charge is 2.83. The van der Waals surface area contributed by atoms with Crippen LogP contribution in [-0.4, -0.2) is 58.8 Å². The summed E-state index contributed by atoms with van der Waals surface area (Å²) < 4.78 is 136. The molecule has 4 nitrogen and oxygen atoms in total. The zero-order valence-electron chi connectivity index (χ0n) is 16.1. The van der Waals surface area contributed by atoms with Crippen LogP contribution < -0.4 is 0 Å². The van der Waals surface area contributed by atoms with Crippen molar-refractivity contribution in [2.45, 2.75) is 62.6 Å². The molecule has 0 aromatic rings. The SMILES string of the molecule is CC(C)C(=O)C[S+](C)C(C)(C)C.O=S(=O)([O-])C(F)(F)C(F)(F)C(F)(F)C(F)(F)F. The van der Waals surface area contributed by atoms with Crippen molar-refractivity contribution in [2.24, 2.45) is 5.92 Å². The number of alkyl halides is 9. The first-order valence-corrected chi connectivity index (χ1v) is 10.8. The molecule has 1 unspecified atom stereocenters. The van der Waals surface area contributed by atoms with E-state index in [4.69, 9.17) is 0 Å². The fourth-order valence-corrected chi connectivity index (χ4v) is 2.75. The first-order chi connectivity index (χ1) is 12.2. The lowest BCUT2D eigenvalue weighted by Crippen LogP contribution is -2.63. The Kier molecular flexibility index (Phi) is 9.68.